The number of aryl methyl sites for hydroxylation is 2. The zero-order valence-corrected chi connectivity index (χ0v) is 17.7. The van der Waals surface area contributed by atoms with Gasteiger partial charge < -0.3 is 9.88 Å². The van der Waals surface area contributed by atoms with Gasteiger partial charge in [-0.05, 0) is 63.8 Å². The molecule has 7 nitrogen and oxygen atoms in total. The summed E-state index contributed by atoms with van der Waals surface area (Å²) in [5.74, 6) is -0.244. The minimum absolute atomic E-state index is 0.0499. The second kappa shape index (κ2) is 8.05. The van der Waals surface area contributed by atoms with Crippen LogP contribution in [0, 0.1) is 19.8 Å². The van der Waals surface area contributed by atoms with Crippen LogP contribution in [-0.4, -0.2) is 41.3 Å². The van der Waals surface area contributed by atoms with Crippen LogP contribution >= 0.6 is 0 Å². The maximum Gasteiger partial charge on any atom is 0.262 e. The van der Waals surface area contributed by atoms with E-state index in [1.54, 1.807) is 17.1 Å². The number of carbonyl (C=O) groups is 1. The number of hydrogen-bond donors (Lipinski definition) is 1. The first-order valence-corrected chi connectivity index (χ1v) is 11.0. The number of benzene rings is 1. The lowest BCUT2D eigenvalue weighted by Crippen LogP contribution is -2.41. The molecule has 0 bridgehead atoms. The minimum atomic E-state index is -3.62. The predicted molar refractivity (Wildman–Crippen MR) is 109 cm³/mol. The molecule has 152 valence electrons. The van der Waals surface area contributed by atoms with Gasteiger partial charge in [-0.3, -0.25) is 4.79 Å². The molecule has 0 saturated carbocycles. The largest absolute Gasteiger partial charge is 0.334 e. The van der Waals surface area contributed by atoms with Crippen molar-refractivity contribution in [3.63, 3.8) is 0 Å². The summed E-state index contributed by atoms with van der Waals surface area (Å²) in [6.07, 6.45) is 4.11. The van der Waals surface area contributed by atoms with Crippen LogP contribution in [-0.2, 0) is 14.8 Å². The van der Waals surface area contributed by atoms with Crippen LogP contribution < -0.4 is 5.32 Å². The van der Waals surface area contributed by atoms with Crippen molar-refractivity contribution in [2.75, 3.05) is 18.4 Å². The molecule has 0 spiro atoms. The summed E-state index contributed by atoms with van der Waals surface area (Å²) in [7, 11) is -3.62. The molecule has 1 N–H and O–H groups in total. The number of nitrogens with zero attached hydrogens (tertiary/aromatic N) is 3. The maximum atomic E-state index is 12.8. The first-order chi connectivity index (χ1) is 13.2. The van der Waals surface area contributed by atoms with Crippen molar-refractivity contribution in [1.29, 1.82) is 0 Å². The van der Waals surface area contributed by atoms with Crippen molar-refractivity contribution < 1.29 is 13.2 Å². The average molecular weight is 405 g/mol. The van der Waals surface area contributed by atoms with Crippen LogP contribution in [0.2, 0.25) is 0 Å². The summed E-state index contributed by atoms with van der Waals surface area (Å²) in [6, 6.07) is 6.08. The van der Waals surface area contributed by atoms with Gasteiger partial charge in [0, 0.05) is 36.9 Å². The van der Waals surface area contributed by atoms with Gasteiger partial charge in [0.25, 0.3) is 10.0 Å². The quantitative estimate of drug-likeness (QED) is 0.830. The lowest BCUT2D eigenvalue weighted by atomic mass is 9.97. The molecule has 2 heterocycles. The van der Waals surface area contributed by atoms with Crippen LogP contribution in [0.4, 0.5) is 5.69 Å². The van der Waals surface area contributed by atoms with Crippen LogP contribution in [0.1, 0.15) is 43.9 Å². The zero-order chi connectivity index (χ0) is 20.5. The molecule has 0 atom stereocenters. The Morgan fingerprint density at radius 3 is 2.29 bits per heavy atom. The number of hydrogen-bond acceptors (Lipinski definition) is 4. The van der Waals surface area contributed by atoms with Gasteiger partial charge in [0.05, 0.1) is 6.33 Å². The van der Waals surface area contributed by atoms with E-state index in [0.29, 0.717) is 25.9 Å². The Morgan fingerprint density at radius 1 is 1.14 bits per heavy atom. The maximum absolute atomic E-state index is 12.8. The number of piperidine rings is 1. The number of rotatable bonds is 5. The van der Waals surface area contributed by atoms with Crippen LogP contribution in [0.25, 0.3) is 0 Å². The third-order valence-electron chi connectivity index (χ3n) is 5.09. The predicted octanol–water partition coefficient (Wildman–Crippen LogP) is 3.12. The molecule has 2 aromatic rings. The fourth-order valence-electron chi connectivity index (χ4n) is 3.52. The highest BCUT2D eigenvalue weighted by Crippen LogP contribution is 2.25. The Morgan fingerprint density at radius 2 is 1.75 bits per heavy atom. The molecule has 8 heteroatoms. The second-order valence-corrected chi connectivity index (χ2v) is 9.68. The third-order valence-corrected chi connectivity index (χ3v) is 6.88. The number of anilines is 1. The van der Waals surface area contributed by atoms with E-state index in [2.05, 4.69) is 16.4 Å². The van der Waals surface area contributed by atoms with Crippen molar-refractivity contribution in [3.05, 3.63) is 41.9 Å². The molecule has 1 aliphatic heterocycles. The van der Waals surface area contributed by atoms with Gasteiger partial charge in [0.15, 0.2) is 5.03 Å². The molecule has 1 aromatic carbocycles. The fourth-order valence-corrected chi connectivity index (χ4v) is 4.91. The fraction of sp³-hybridized carbons (Fsp3) is 0.500. The van der Waals surface area contributed by atoms with E-state index in [4.69, 9.17) is 0 Å². The van der Waals surface area contributed by atoms with Crippen molar-refractivity contribution in [2.45, 2.75) is 51.6 Å². The number of carbonyl (C=O) groups excluding carboxylic acids is 1. The SMILES string of the molecule is Cc1cc(C)cc(NC(=O)C2CCN(S(=O)(=O)c3cn(C(C)C)cn3)CC2)c1. The molecule has 1 saturated heterocycles. The Labute approximate surface area is 166 Å². The molecule has 28 heavy (non-hydrogen) atoms. The molecular weight excluding hydrogens is 376 g/mol. The minimum Gasteiger partial charge on any atom is -0.334 e. The molecule has 0 radical (unpaired) electrons. The topological polar surface area (TPSA) is 84.3 Å². The standard InChI is InChI=1S/C20H28N4O3S/c1-14(2)23-12-19(21-13-23)28(26,27)24-7-5-17(6-8-24)20(25)22-18-10-15(3)9-16(4)11-18/h9-14,17H,5-8H2,1-4H3,(H,22,25). The highest BCUT2D eigenvalue weighted by molar-refractivity contribution is 7.89. The van der Waals surface area contributed by atoms with Gasteiger partial charge >= 0.3 is 0 Å². The molecule has 0 unspecified atom stereocenters. The van der Waals surface area contributed by atoms with Gasteiger partial charge in [-0.2, -0.15) is 4.31 Å². The summed E-state index contributed by atoms with van der Waals surface area (Å²) < 4.78 is 28.8. The van der Waals surface area contributed by atoms with E-state index in [0.717, 1.165) is 16.8 Å². The lowest BCUT2D eigenvalue weighted by molar-refractivity contribution is -0.120. The van der Waals surface area contributed by atoms with Gasteiger partial charge in [-0.1, -0.05) is 6.07 Å². The second-order valence-electron chi connectivity index (χ2n) is 7.80. The molecule has 1 fully saturated rings. The number of aromatic nitrogens is 2. The van der Waals surface area contributed by atoms with Gasteiger partial charge in [0.1, 0.15) is 0 Å². The smallest absolute Gasteiger partial charge is 0.262 e. The molecule has 3 rings (SSSR count). The first-order valence-electron chi connectivity index (χ1n) is 9.59. The first kappa shape index (κ1) is 20.5. The van der Waals surface area contributed by atoms with E-state index in [1.807, 2.05) is 39.8 Å². The zero-order valence-electron chi connectivity index (χ0n) is 16.8. The molecule has 1 aromatic heterocycles. The van der Waals surface area contributed by atoms with E-state index in [1.165, 1.54) is 4.31 Å². The summed E-state index contributed by atoms with van der Waals surface area (Å²) in [6.45, 7) is 8.57. The normalized spacial score (nSPS) is 16.5. The van der Waals surface area contributed by atoms with Crippen LogP contribution in [0.15, 0.2) is 35.7 Å². The van der Waals surface area contributed by atoms with Crippen molar-refractivity contribution in [3.8, 4) is 0 Å². The van der Waals surface area contributed by atoms with Crippen LogP contribution in [0.3, 0.4) is 0 Å². The average Bonchev–Trinajstić information content (AvgIpc) is 3.12. The molecular formula is C20H28N4O3S. The number of sulfonamides is 1. The molecule has 0 aliphatic carbocycles. The Bertz CT molecular complexity index is 937. The summed E-state index contributed by atoms with van der Waals surface area (Å²) in [5, 5.41) is 3.04. The van der Waals surface area contributed by atoms with Crippen molar-refractivity contribution in [2.24, 2.45) is 5.92 Å². The van der Waals surface area contributed by atoms with Gasteiger partial charge in [-0.15, -0.1) is 0 Å². The molecule has 1 amide bonds. The van der Waals surface area contributed by atoms with Crippen molar-refractivity contribution >= 4 is 21.6 Å². The van der Waals surface area contributed by atoms with E-state index < -0.39 is 10.0 Å². The lowest BCUT2D eigenvalue weighted by Gasteiger charge is -2.30. The highest BCUT2D eigenvalue weighted by Gasteiger charge is 2.33. The number of imidazole rings is 1. The Kier molecular flexibility index (Phi) is 5.90. The van der Waals surface area contributed by atoms with E-state index >= 15 is 0 Å². The third kappa shape index (κ3) is 4.44. The summed E-state index contributed by atoms with van der Waals surface area (Å²) in [5.41, 5.74) is 2.98. The number of amides is 1. The van der Waals surface area contributed by atoms with Gasteiger partial charge in [-0.25, -0.2) is 13.4 Å². The molecule has 1 aliphatic rings. The highest BCUT2D eigenvalue weighted by atomic mass is 32.2. The van der Waals surface area contributed by atoms with Gasteiger partial charge in [0.2, 0.25) is 5.91 Å². The van der Waals surface area contributed by atoms with E-state index in [9.17, 15) is 13.2 Å². The summed E-state index contributed by atoms with van der Waals surface area (Å²) >= 11 is 0. The van der Waals surface area contributed by atoms with Crippen LogP contribution in [0.5, 0.6) is 0 Å². The monoisotopic (exact) mass is 404 g/mol. The number of nitrogens with one attached hydrogen (secondary N) is 1. The van der Waals surface area contributed by atoms with E-state index in [-0.39, 0.29) is 22.9 Å². The Hall–Kier alpha value is -2.19. The Balaban J connectivity index is 1.62. The summed E-state index contributed by atoms with van der Waals surface area (Å²) in [4.78, 5) is 16.7. The van der Waals surface area contributed by atoms with Crippen molar-refractivity contribution in [1.82, 2.24) is 13.9 Å².